The Bertz CT molecular complexity index is 480. The summed E-state index contributed by atoms with van der Waals surface area (Å²) in [6.07, 6.45) is 3.59. The van der Waals surface area contributed by atoms with E-state index in [4.69, 9.17) is 5.11 Å². The molecule has 1 aromatic rings. The summed E-state index contributed by atoms with van der Waals surface area (Å²) in [5.41, 5.74) is 1.21. The summed E-state index contributed by atoms with van der Waals surface area (Å²) < 4.78 is 0. The lowest BCUT2D eigenvalue weighted by Crippen LogP contribution is -1.97. The Labute approximate surface area is 110 Å². The molecule has 0 atom stereocenters. The number of aromatic hydroxyl groups is 2. The number of carbonyl (C=O) groups excluding carboxylic acids is 1. The standard InChI is InChI=1S/C13H16O4S/c1-8(7-14)3-4-9-11(15)6-5-10(12(9)16)13(17)18-2/h3,5-6,14-16H,4,7H2,1-2H3. The second-order valence-corrected chi connectivity index (χ2v) is 4.64. The number of phenolic OH excluding ortho intramolecular Hbond substituents is 2. The van der Waals surface area contributed by atoms with Crippen molar-refractivity contribution in [3.63, 3.8) is 0 Å². The molecule has 0 saturated heterocycles. The predicted octanol–water partition coefficient (Wildman–Crippen LogP) is 2.08. The molecule has 0 aromatic heterocycles. The van der Waals surface area contributed by atoms with Gasteiger partial charge in [0.15, 0.2) is 0 Å². The number of aliphatic hydroxyl groups excluding tert-OH is 1. The first-order valence-electron chi connectivity index (χ1n) is 5.39. The van der Waals surface area contributed by atoms with Crippen LogP contribution in [0.25, 0.3) is 0 Å². The summed E-state index contributed by atoms with van der Waals surface area (Å²) in [6.45, 7) is 1.66. The number of hydrogen-bond acceptors (Lipinski definition) is 5. The molecule has 5 heteroatoms. The molecule has 1 rings (SSSR count). The quantitative estimate of drug-likeness (QED) is 0.729. The molecule has 18 heavy (non-hydrogen) atoms. The number of phenols is 2. The summed E-state index contributed by atoms with van der Waals surface area (Å²) in [6, 6.07) is 2.79. The molecule has 0 bridgehead atoms. The van der Waals surface area contributed by atoms with E-state index >= 15 is 0 Å². The van der Waals surface area contributed by atoms with Crippen molar-refractivity contribution in [1.82, 2.24) is 0 Å². The van der Waals surface area contributed by atoms with E-state index in [1.807, 2.05) is 0 Å². The highest BCUT2D eigenvalue weighted by molar-refractivity contribution is 8.13. The minimum absolute atomic E-state index is 0.0628. The smallest absolute Gasteiger partial charge is 0.222 e. The largest absolute Gasteiger partial charge is 0.508 e. The van der Waals surface area contributed by atoms with Crippen molar-refractivity contribution in [2.24, 2.45) is 0 Å². The van der Waals surface area contributed by atoms with Crippen LogP contribution in [-0.4, -0.2) is 33.3 Å². The normalized spacial score (nSPS) is 11.6. The number of hydrogen-bond donors (Lipinski definition) is 3. The molecule has 0 spiro atoms. The Hall–Kier alpha value is -1.46. The van der Waals surface area contributed by atoms with E-state index in [-0.39, 0.29) is 35.2 Å². The molecule has 0 saturated carbocycles. The van der Waals surface area contributed by atoms with Crippen molar-refractivity contribution in [3.8, 4) is 11.5 Å². The zero-order valence-electron chi connectivity index (χ0n) is 10.3. The molecule has 0 radical (unpaired) electrons. The summed E-state index contributed by atoms with van der Waals surface area (Å²) >= 11 is 1.000. The maximum Gasteiger partial charge on any atom is 0.222 e. The van der Waals surface area contributed by atoms with E-state index in [9.17, 15) is 15.0 Å². The second kappa shape index (κ2) is 6.47. The Morgan fingerprint density at radius 3 is 2.61 bits per heavy atom. The van der Waals surface area contributed by atoms with Gasteiger partial charge in [0.2, 0.25) is 5.12 Å². The molecule has 0 heterocycles. The monoisotopic (exact) mass is 268 g/mol. The van der Waals surface area contributed by atoms with Crippen LogP contribution < -0.4 is 0 Å². The van der Waals surface area contributed by atoms with Crippen LogP contribution in [0.4, 0.5) is 0 Å². The van der Waals surface area contributed by atoms with Crippen LogP contribution in [0.15, 0.2) is 23.8 Å². The maximum absolute atomic E-state index is 11.6. The molecule has 0 aliphatic carbocycles. The third-order valence-electron chi connectivity index (χ3n) is 2.57. The third-order valence-corrected chi connectivity index (χ3v) is 3.16. The Morgan fingerprint density at radius 2 is 2.06 bits per heavy atom. The van der Waals surface area contributed by atoms with E-state index < -0.39 is 0 Å². The van der Waals surface area contributed by atoms with E-state index in [1.54, 1.807) is 19.3 Å². The summed E-state index contributed by atoms with van der Waals surface area (Å²) in [5, 5.41) is 28.3. The zero-order valence-corrected chi connectivity index (χ0v) is 11.1. The molecule has 0 aliphatic heterocycles. The Balaban J connectivity index is 3.14. The molecule has 0 unspecified atom stereocenters. The first-order chi connectivity index (χ1) is 8.51. The van der Waals surface area contributed by atoms with Gasteiger partial charge in [-0.1, -0.05) is 23.4 Å². The van der Waals surface area contributed by atoms with Gasteiger partial charge in [-0.2, -0.15) is 0 Å². The van der Waals surface area contributed by atoms with Gasteiger partial charge < -0.3 is 15.3 Å². The van der Waals surface area contributed by atoms with Crippen LogP contribution in [0.1, 0.15) is 22.8 Å². The van der Waals surface area contributed by atoms with E-state index in [0.29, 0.717) is 5.56 Å². The topological polar surface area (TPSA) is 77.8 Å². The van der Waals surface area contributed by atoms with E-state index in [0.717, 1.165) is 17.3 Å². The lowest BCUT2D eigenvalue weighted by molar-refractivity contribution is 0.108. The van der Waals surface area contributed by atoms with E-state index in [1.165, 1.54) is 12.1 Å². The van der Waals surface area contributed by atoms with Gasteiger partial charge in [0, 0.05) is 5.56 Å². The van der Waals surface area contributed by atoms with Gasteiger partial charge in [0.25, 0.3) is 0 Å². The van der Waals surface area contributed by atoms with Crippen molar-refractivity contribution >= 4 is 16.9 Å². The zero-order chi connectivity index (χ0) is 13.7. The van der Waals surface area contributed by atoms with Crippen molar-refractivity contribution in [2.45, 2.75) is 13.3 Å². The number of allylic oxidation sites excluding steroid dienone is 1. The van der Waals surface area contributed by atoms with Crippen LogP contribution in [0.3, 0.4) is 0 Å². The first kappa shape index (κ1) is 14.6. The number of aliphatic hydroxyl groups is 1. The fraction of sp³-hybridized carbons (Fsp3) is 0.308. The number of benzene rings is 1. The SMILES string of the molecule is CSC(=O)c1ccc(O)c(CC=C(C)CO)c1O. The average molecular weight is 268 g/mol. The lowest BCUT2D eigenvalue weighted by atomic mass is 10.0. The van der Waals surface area contributed by atoms with Gasteiger partial charge in [0.05, 0.1) is 12.2 Å². The molecular weight excluding hydrogens is 252 g/mol. The number of rotatable bonds is 4. The van der Waals surface area contributed by atoms with Crippen molar-refractivity contribution in [2.75, 3.05) is 12.9 Å². The molecular formula is C13H16O4S. The maximum atomic E-state index is 11.6. The second-order valence-electron chi connectivity index (χ2n) is 3.86. The molecule has 0 amide bonds. The predicted molar refractivity (Wildman–Crippen MR) is 72.2 cm³/mol. The van der Waals surface area contributed by atoms with Gasteiger partial charge in [-0.15, -0.1) is 0 Å². The highest BCUT2D eigenvalue weighted by atomic mass is 32.2. The lowest BCUT2D eigenvalue weighted by Gasteiger charge is -2.09. The van der Waals surface area contributed by atoms with Gasteiger partial charge in [-0.05, 0) is 31.7 Å². The Kier molecular flexibility index (Phi) is 5.25. The molecule has 0 aliphatic rings. The van der Waals surface area contributed by atoms with Gasteiger partial charge in [0.1, 0.15) is 11.5 Å². The van der Waals surface area contributed by atoms with Crippen molar-refractivity contribution < 1.29 is 20.1 Å². The molecule has 0 fully saturated rings. The van der Waals surface area contributed by atoms with Crippen LogP contribution in [-0.2, 0) is 6.42 Å². The van der Waals surface area contributed by atoms with Gasteiger partial charge in [-0.3, -0.25) is 4.79 Å². The third kappa shape index (κ3) is 3.27. The molecule has 1 aromatic carbocycles. The van der Waals surface area contributed by atoms with Crippen LogP contribution in [0.5, 0.6) is 11.5 Å². The minimum Gasteiger partial charge on any atom is -0.508 e. The Morgan fingerprint density at radius 1 is 1.39 bits per heavy atom. The summed E-state index contributed by atoms with van der Waals surface area (Å²) in [4.78, 5) is 11.6. The van der Waals surface area contributed by atoms with Crippen LogP contribution in [0, 0.1) is 0 Å². The van der Waals surface area contributed by atoms with Crippen LogP contribution in [0.2, 0.25) is 0 Å². The fourth-order valence-electron chi connectivity index (χ4n) is 1.44. The number of carbonyl (C=O) groups is 1. The van der Waals surface area contributed by atoms with Crippen molar-refractivity contribution in [3.05, 3.63) is 34.9 Å². The minimum atomic E-state index is -0.253. The van der Waals surface area contributed by atoms with Gasteiger partial charge in [-0.25, -0.2) is 0 Å². The van der Waals surface area contributed by atoms with Gasteiger partial charge >= 0.3 is 0 Å². The molecule has 4 nitrogen and oxygen atoms in total. The van der Waals surface area contributed by atoms with Crippen LogP contribution >= 0.6 is 11.8 Å². The highest BCUT2D eigenvalue weighted by Gasteiger charge is 2.16. The van der Waals surface area contributed by atoms with E-state index in [2.05, 4.69) is 0 Å². The summed E-state index contributed by atoms with van der Waals surface area (Å²) in [7, 11) is 0. The molecule has 98 valence electrons. The average Bonchev–Trinajstić information content (AvgIpc) is 2.37. The summed E-state index contributed by atoms with van der Waals surface area (Å²) in [5.74, 6) is -0.261. The highest BCUT2D eigenvalue weighted by Crippen LogP contribution is 2.33. The first-order valence-corrected chi connectivity index (χ1v) is 6.62. The molecule has 3 N–H and O–H groups in total. The number of thioether (sulfide) groups is 1. The van der Waals surface area contributed by atoms with Crippen molar-refractivity contribution in [1.29, 1.82) is 0 Å². The fourth-order valence-corrected chi connectivity index (χ4v) is 1.83.